The van der Waals surface area contributed by atoms with Gasteiger partial charge in [0.1, 0.15) is 5.01 Å². The molecule has 116 valence electrons. The maximum absolute atomic E-state index is 11.9. The van der Waals surface area contributed by atoms with Crippen LogP contribution in [0.2, 0.25) is 0 Å². The molecule has 0 unspecified atom stereocenters. The average Bonchev–Trinajstić information content (AvgIpc) is 3.24. The largest absolute Gasteiger partial charge is 0.457 e. The highest BCUT2D eigenvalue weighted by atomic mass is 32.1. The maximum atomic E-state index is 11.9. The van der Waals surface area contributed by atoms with Crippen molar-refractivity contribution in [2.45, 2.75) is 6.42 Å². The fourth-order valence-electron chi connectivity index (χ4n) is 1.96. The first-order chi connectivity index (χ1) is 11.2. The molecule has 6 heteroatoms. The zero-order valence-electron chi connectivity index (χ0n) is 12.1. The summed E-state index contributed by atoms with van der Waals surface area (Å²) in [5, 5.41) is 6.72. The first kappa shape index (κ1) is 15.6. The summed E-state index contributed by atoms with van der Waals surface area (Å²) in [5.41, 5.74) is 2.25. The van der Waals surface area contributed by atoms with Gasteiger partial charge >= 0.3 is 5.97 Å². The molecule has 0 aliphatic carbocycles. The van der Waals surface area contributed by atoms with Gasteiger partial charge in [0, 0.05) is 21.9 Å². The number of esters is 1. The van der Waals surface area contributed by atoms with Crippen LogP contribution in [0.5, 0.6) is 0 Å². The van der Waals surface area contributed by atoms with Crippen LogP contribution < -0.4 is 0 Å². The van der Waals surface area contributed by atoms with E-state index in [1.54, 1.807) is 35.6 Å². The lowest BCUT2D eigenvalue weighted by Crippen LogP contribution is -2.15. The van der Waals surface area contributed by atoms with Crippen LogP contribution in [0.1, 0.15) is 16.1 Å². The molecule has 0 atom stereocenters. The SMILES string of the molecule is O=C(Cc1csc(-c2ccsc2)n1)OCC(=O)c1ccccc1. The van der Waals surface area contributed by atoms with Crippen molar-refractivity contribution in [3.05, 3.63) is 63.8 Å². The van der Waals surface area contributed by atoms with Crippen LogP contribution in [0.15, 0.2) is 52.5 Å². The molecule has 0 saturated carbocycles. The van der Waals surface area contributed by atoms with Gasteiger partial charge in [0.05, 0.1) is 12.1 Å². The third-order valence-corrected chi connectivity index (χ3v) is 4.73. The Kier molecular flexibility index (Phi) is 4.95. The number of carbonyl (C=O) groups is 2. The van der Waals surface area contributed by atoms with E-state index in [1.165, 1.54) is 11.3 Å². The second-order valence-corrected chi connectivity index (χ2v) is 6.42. The van der Waals surface area contributed by atoms with E-state index in [2.05, 4.69) is 4.98 Å². The molecule has 0 bridgehead atoms. The van der Waals surface area contributed by atoms with Gasteiger partial charge in [0.2, 0.25) is 0 Å². The highest BCUT2D eigenvalue weighted by Gasteiger charge is 2.13. The summed E-state index contributed by atoms with van der Waals surface area (Å²) in [6.07, 6.45) is 0.0721. The van der Waals surface area contributed by atoms with Crippen molar-refractivity contribution in [3.63, 3.8) is 0 Å². The van der Waals surface area contributed by atoms with Gasteiger partial charge in [-0.05, 0) is 11.4 Å². The summed E-state index contributed by atoms with van der Waals surface area (Å²) in [6.45, 7) is -0.246. The molecule has 1 aromatic carbocycles. The Morgan fingerprint density at radius 3 is 2.65 bits per heavy atom. The Morgan fingerprint density at radius 2 is 1.91 bits per heavy atom. The summed E-state index contributed by atoms with van der Waals surface area (Å²) in [6, 6.07) is 10.8. The van der Waals surface area contributed by atoms with Crippen LogP contribution in [0, 0.1) is 0 Å². The molecule has 0 spiro atoms. The predicted molar refractivity (Wildman–Crippen MR) is 90.9 cm³/mol. The normalized spacial score (nSPS) is 10.4. The lowest BCUT2D eigenvalue weighted by Gasteiger charge is -2.03. The van der Waals surface area contributed by atoms with Crippen molar-refractivity contribution < 1.29 is 14.3 Å². The minimum atomic E-state index is -0.448. The Hall–Kier alpha value is -2.31. The van der Waals surface area contributed by atoms with Crippen LogP contribution in [-0.4, -0.2) is 23.3 Å². The van der Waals surface area contributed by atoms with Crippen LogP contribution in [-0.2, 0) is 16.0 Å². The van der Waals surface area contributed by atoms with Crippen molar-refractivity contribution in [1.29, 1.82) is 0 Å². The number of ketones is 1. The van der Waals surface area contributed by atoms with Crippen molar-refractivity contribution in [1.82, 2.24) is 4.98 Å². The minimum absolute atomic E-state index is 0.0721. The standard InChI is InChI=1S/C17H13NO3S2/c19-15(12-4-2-1-3-5-12)9-21-16(20)8-14-11-23-17(18-14)13-6-7-22-10-13/h1-7,10-11H,8-9H2. The number of hydrogen-bond donors (Lipinski definition) is 0. The fraction of sp³-hybridized carbons (Fsp3) is 0.118. The number of ether oxygens (including phenoxy) is 1. The first-order valence-electron chi connectivity index (χ1n) is 6.93. The summed E-state index contributed by atoms with van der Waals surface area (Å²) in [7, 11) is 0. The number of benzene rings is 1. The molecule has 3 aromatic rings. The molecule has 23 heavy (non-hydrogen) atoms. The summed E-state index contributed by atoms with van der Waals surface area (Å²) < 4.78 is 5.04. The van der Waals surface area contributed by atoms with Gasteiger partial charge in [0.15, 0.2) is 12.4 Å². The van der Waals surface area contributed by atoms with E-state index in [0.29, 0.717) is 11.3 Å². The van der Waals surface area contributed by atoms with E-state index in [9.17, 15) is 9.59 Å². The number of rotatable bonds is 6. The summed E-state index contributed by atoms with van der Waals surface area (Å²) in [4.78, 5) is 28.1. The van der Waals surface area contributed by atoms with E-state index in [-0.39, 0.29) is 18.8 Å². The van der Waals surface area contributed by atoms with Crippen molar-refractivity contribution in [3.8, 4) is 10.6 Å². The lowest BCUT2D eigenvalue weighted by molar-refractivity contribution is -0.141. The summed E-state index contributed by atoms with van der Waals surface area (Å²) >= 11 is 3.10. The molecule has 0 N–H and O–H groups in total. The first-order valence-corrected chi connectivity index (χ1v) is 8.75. The van der Waals surface area contributed by atoms with Gasteiger partial charge in [-0.25, -0.2) is 4.98 Å². The zero-order valence-corrected chi connectivity index (χ0v) is 13.7. The van der Waals surface area contributed by atoms with Crippen LogP contribution >= 0.6 is 22.7 Å². The highest BCUT2D eigenvalue weighted by molar-refractivity contribution is 7.14. The quantitative estimate of drug-likeness (QED) is 0.504. The number of hydrogen-bond acceptors (Lipinski definition) is 6. The smallest absolute Gasteiger partial charge is 0.312 e. The van der Waals surface area contributed by atoms with E-state index in [1.807, 2.05) is 28.3 Å². The van der Waals surface area contributed by atoms with E-state index < -0.39 is 5.97 Å². The summed E-state index contributed by atoms with van der Waals surface area (Å²) in [5.74, 6) is -0.660. The molecule has 0 radical (unpaired) electrons. The molecular weight excluding hydrogens is 330 g/mol. The second kappa shape index (κ2) is 7.30. The van der Waals surface area contributed by atoms with E-state index >= 15 is 0 Å². The van der Waals surface area contributed by atoms with Gasteiger partial charge in [-0.3, -0.25) is 9.59 Å². The average molecular weight is 343 g/mol. The predicted octanol–water partition coefficient (Wildman–Crippen LogP) is 3.84. The van der Waals surface area contributed by atoms with Gasteiger partial charge in [0.25, 0.3) is 0 Å². The lowest BCUT2D eigenvalue weighted by atomic mass is 10.1. The second-order valence-electron chi connectivity index (χ2n) is 4.78. The Labute approximate surface area is 141 Å². The molecule has 0 aliphatic rings. The van der Waals surface area contributed by atoms with Crippen molar-refractivity contribution in [2.75, 3.05) is 6.61 Å². The van der Waals surface area contributed by atoms with E-state index in [4.69, 9.17) is 4.74 Å². The van der Waals surface area contributed by atoms with Crippen molar-refractivity contribution >= 4 is 34.4 Å². The molecule has 4 nitrogen and oxygen atoms in total. The van der Waals surface area contributed by atoms with Crippen molar-refractivity contribution in [2.24, 2.45) is 0 Å². The van der Waals surface area contributed by atoms with E-state index in [0.717, 1.165) is 10.6 Å². The number of thiophene rings is 1. The topological polar surface area (TPSA) is 56.3 Å². The molecule has 0 saturated heterocycles. The number of thiazole rings is 1. The highest BCUT2D eigenvalue weighted by Crippen LogP contribution is 2.25. The molecule has 2 aromatic heterocycles. The monoisotopic (exact) mass is 343 g/mol. The maximum Gasteiger partial charge on any atom is 0.312 e. The molecule has 0 aliphatic heterocycles. The third-order valence-electron chi connectivity index (χ3n) is 3.11. The van der Waals surface area contributed by atoms with Crippen LogP contribution in [0.25, 0.3) is 10.6 Å². The fourth-order valence-corrected chi connectivity index (χ4v) is 3.49. The molecule has 0 fully saturated rings. The van der Waals surface area contributed by atoms with Crippen LogP contribution in [0.3, 0.4) is 0 Å². The number of carbonyl (C=O) groups excluding carboxylic acids is 2. The van der Waals surface area contributed by atoms with Gasteiger partial charge in [-0.1, -0.05) is 30.3 Å². The van der Waals surface area contributed by atoms with Gasteiger partial charge < -0.3 is 4.74 Å². The Balaban J connectivity index is 1.53. The zero-order chi connectivity index (χ0) is 16.1. The number of aromatic nitrogens is 1. The minimum Gasteiger partial charge on any atom is -0.457 e. The molecule has 2 heterocycles. The molecule has 3 rings (SSSR count). The molecular formula is C17H13NO3S2. The van der Waals surface area contributed by atoms with Gasteiger partial charge in [-0.15, -0.1) is 11.3 Å². The Bertz CT molecular complexity index is 794. The Morgan fingerprint density at radius 1 is 1.09 bits per heavy atom. The number of Topliss-reactive ketones (excluding diaryl/α,β-unsaturated/α-hetero) is 1. The van der Waals surface area contributed by atoms with Gasteiger partial charge in [-0.2, -0.15) is 11.3 Å². The number of nitrogens with zero attached hydrogens (tertiary/aromatic N) is 1. The van der Waals surface area contributed by atoms with Crippen LogP contribution in [0.4, 0.5) is 0 Å². The third kappa shape index (κ3) is 4.12. The molecule has 0 amide bonds.